The fraction of sp³-hybridized carbons (Fsp3) is 0.700. The lowest BCUT2D eigenvalue weighted by molar-refractivity contribution is 0.396. The zero-order valence-electron chi connectivity index (χ0n) is 8.63. The van der Waals surface area contributed by atoms with Crippen LogP contribution in [0.4, 0.5) is 0 Å². The summed E-state index contributed by atoms with van der Waals surface area (Å²) >= 11 is 7.12. The fourth-order valence-electron chi connectivity index (χ4n) is 1.22. The van der Waals surface area contributed by atoms with Gasteiger partial charge in [0.1, 0.15) is 5.82 Å². The van der Waals surface area contributed by atoms with E-state index in [1.54, 1.807) is 0 Å². The molecule has 0 bridgehead atoms. The number of alkyl halides is 2. The molecule has 14 heavy (non-hydrogen) atoms. The highest BCUT2D eigenvalue weighted by molar-refractivity contribution is 9.09. The second-order valence-electron chi connectivity index (χ2n) is 4.03. The molecule has 0 aliphatic rings. The molecule has 0 atom stereocenters. The molecule has 1 aromatic rings. The minimum atomic E-state index is 0.325. The summed E-state index contributed by atoms with van der Waals surface area (Å²) in [6, 6.07) is 0. The van der Waals surface area contributed by atoms with Gasteiger partial charge in [-0.2, -0.15) is 0 Å². The highest BCUT2D eigenvalue weighted by Gasteiger charge is 2.21. The van der Waals surface area contributed by atoms with Crippen molar-refractivity contribution in [1.82, 2.24) is 9.55 Å². The van der Waals surface area contributed by atoms with E-state index in [2.05, 4.69) is 48.3 Å². The first kappa shape index (κ1) is 12.2. The van der Waals surface area contributed by atoms with E-state index >= 15 is 0 Å². The summed E-state index contributed by atoms with van der Waals surface area (Å²) in [5, 5.41) is 2.05. The normalized spacial score (nSPS) is 12.0. The van der Waals surface area contributed by atoms with Gasteiger partial charge in [-0.15, -0.1) is 0 Å². The van der Waals surface area contributed by atoms with E-state index in [0.717, 1.165) is 29.3 Å². The van der Waals surface area contributed by atoms with Gasteiger partial charge in [0.15, 0.2) is 0 Å². The summed E-state index contributed by atoms with van der Waals surface area (Å²) in [7, 11) is 2.04. The molecule has 0 spiro atoms. The van der Waals surface area contributed by atoms with Crippen molar-refractivity contribution in [2.24, 2.45) is 12.5 Å². The van der Waals surface area contributed by atoms with Gasteiger partial charge in [-0.1, -0.05) is 38.8 Å². The molecule has 0 saturated carbocycles. The summed E-state index contributed by atoms with van der Waals surface area (Å²) in [6.45, 7) is 2.28. The number of imidazole rings is 1. The molecule has 0 unspecified atom stereocenters. The third kappa shape index (κ3) is 3.09. The van der Waals surface area contributed by atoms with Crippen molar-refractivity contribution in [1.29, 1.82) is 0 Å². The first-order valence-electron chi connectivity index (χ1n) is 4.69. The zero-order valence-corrected chi connectivity index (χ0v) is 11.8. The average molecular weight is 324 g/mol. The molecule has 1 heterocycles. The molecule has 4 heteroatoms. The minimum absolute atomic E-state index is 0.325. The standard InChI is InChI=1S/C10H16Br2N2/c1-10(7-11,8-12)4-3-9-13-5-6-14(9)2/h5-6H,3-4,7-8H2,1-2H3. The number of rotatable bonds is 5. The van der Waals surface area contributed by atoms with E-state index in [1.165, 1.54) is 0 Å². The van der Waals surface area contributed by atoms with Gasteiger partial charge in [-0.3, -0.25) is 0 Å². The largest absolute Gasteiger partial charge is 0.338 e. The molecule has 2 nitrogen and oxygen atoms in total. The first-order chi connectivity index (χ1) is 6.61. The van der Waals surface area contributed by atoms with Crippen LogP contribution in [-0.4, -0.2) is 20.2 Å². The van der Waals surface area contributed by atoms with Crippen LogP contribution in [0.3, 0.4) is 0 Å². The lowest BCUT2D eigenvalue weighted by atomic mass is 9.90. The molecule has 0 amide bonds. The van der Waals surface area contributed by atoms with Gasteiger partial charge >= 0.3 is 0 Å². The molecule has 0 saturated heterocycles. The molecule has 0 radical (unpaired) electrons. The Kier molecular flexibility index (Phi) is 4.64. The van der Waals surface area contributed by atoms with E-state index in [0.29, 0.717) is 5.41 Å². The van der Waals surface area contributed by atoms with Crippen LogP contribution in [0.15, 0.2) is 12.4 Å². The van der Waals surface area contributed by atoms with Crippen LogP contribution < -0.4 is 0 Å². The van der Waals surface area contributed by atoms with Crippen LogP contribution in [-0.2, 0) is 13.5 Å². The smallest absolute Gasteiger partial charge is 0.108 e. The lowest BCUT2D eigenvalue weighted by Gasteiger charge is -2.24. The van der Waals surface area contributed by atoms with Crippen LogP contribution >= 0.6 is 31.9 Å². The van der Waals surface area contributed by atoms with Gasteiger partial charge in [0.2, 0.25) is 0 Å². The Morgan fingerprint density at radius 1 is 1.43 bits per heavy atom. The Labute approximate surface area is 102 Å². The average Bonchev–Trinajstić information content (AvgIpc) is 2.61. The van der Waals surface area contributed by atoms with E-state index in [-0.39, 0.29) is 0 Å². The molecule has 0 aliphatic heterocycles. The summed E-state index contributed by atoms with van der Waals surface area (Å²) in [5.41, 5.74) is 0.325. The SMILES string of the molecule is Cn1ccnc1CCC(C)(CBr)CBr. The number of nitrogens with zero attached hydrogens (tertiary/aromatic N) is 2. The predicted octanol–water partition coefficient (Wildman–Crippen LogP) is 3.15. The van der Waals surface area contributed by atoms with Gasteiger partial charge < -0.3 is 4.57 Å². The maximum atomic E-state index is 4.32. The number of aryl methyl sites for hydroxylation is 2. The highest BCUT2D eigenvalue weighted by atomic mass is 79.9. The van der Waals surface area contributed by atoms with Crippen LogP contribution in [0.1, 0.15) is 19.2 Å². The lowest BCUT2D eigenvalue weighted by Crippen LogP contribution is -2.21. The Hall–Kier alpha value is 0.170. The maximum absolute atomic E-state index is 4.32. The van der Waals surface area contributed by atoms with Gasteiger partial charge in [-0.25, -0.2) is 4.98 Å². The second kappa shape index (κ2) is 5.31. The molecular formula is C10H16Br2N2. The molecule has 0 fully saturated rings. The Morgan fingerprint density at radius 2 is 2.07 bits per heavy atom. The van der Waals surface area contributed by atoms with Crippen molar-refractivity contribution in [3.05, 3.63) is 18.2 Å². The first-order valence-corrected chi connectivity index (χ1v) is 6.94. The number of hydrogen-bond acceptors (Lipinski definition) is 1. The van der Waals surface area contributed by atoms with Crippen LogP contribution in [0.2, 0.25) is 0 Å². The van der Waals surface area contributed by atoms with Crippen molar-refractivity contribution in [3.8, 4) is 0 Å². The Bertz CT molecular complexity index is 279. The monoisotopic (exact) mass is 322 g/mol. The summed E-state index contributed by atoms with van der Waals surface area (Å²) in [5.74, 6) is 1.16. The summed E-state index contributed by atoms with van der Waals surface area (Å²) in [4.78, 5) is 4.32. The van der Waals surface area contributed by atoms with Crippen molar-refractivity contribution >= 4 is 31.9 Å². The molecule has 0 N–H and O–H groups in total. The van der Waals surface area contributed by atoms with E-state index in [9.17, 15) is 0 Å². The number of aromatic nitrogens is 2. The molecule has 0 aromatic carbocycles. The molecular weight excluding hydrogens is 308 g/mol. The highest BCUT2D eigenvalue weighted by Crippen LogP contribution is 2.27. The van der Waals surface area contributed by atoms with E-state index in [4.69, 9.17) is 0 Å². The molecule has 1 rings (SSSR count). The molecule has 1 aromatic heterocycles. The van der Waals surface area contributed by atoms with Gasteiger partial charge in [0.25, 0.3) is 0 Å². The summed E-state index contributed by atoms with van der Waals surface area (Å²) < 4.78 is 2.09. The van der Waals surface area contributed by atoms with Crippen molar-refractivity contribution in [2.45, 2.75) is 19.8 Å². The van der Waals surface area contributed by atoms with Crippen LogP contribution in [0.5, 0.6) is 0 Å². The van der Waals surface area contributed by atoms with Crippen molar-refractivity contribution in [2.75, 3.05) is 10.7 Å². The fourth-order valence-corrected chi connectivity index (χ4v) is 2.71. The quantitative estimate of drug-likeness (QED) is 0.761. The third-order valence-electron chi connectivity index (χ3n) is 2.52. The van der Waals surface area contributed by atoms with Crippen LogP contribution in [0.25, 0.3) is 0 Å². The van der Waals surface area contributed by atoms with Gasteiger partial charge in [-0.05, 0) is 11.8 Å². The Morgan fingerprint density at radius 3 is 2.50 bits per heavy atom. The predicted molar refractivity (Wildman–Crippen MR) is 67.2 cm³/mol. The van der Waals surface area contributed by atoms with Gasteiger partial charge in [0.05, 0.1) is 0 Å². The maximum Gasteiger partial charge on any atom is 0.108 e. The van der Waals surface area contributed by atoms with E-state index < -0.39 is 0 Å². The molecule has 80 valence electrons. The second-order valence-corrected chi connectivity index (χ2v) is 5.15. The minimum Gasteiger partial charge on any atom is -0.338 e. The van der Waals surface area contributed by atoms with Crippen LogP contribution in [0, 0.1) is 5.41 Å². The zero-order chi connectivity index (χ0) is 10.6. The molecule has 0 aliphatic carbocycles. The topological polar surface area (TPSA) is 17.8 Å². The number of hydrogen-bond donors (Lipinski definition) is 0. The summed E-state index contributed by atoms with van der Waals surface area (Å²) in [6.07, 6.45) is 6.04. The number of halogens is 2. The third-order valence-corrected chi connectivity index (χ3v) is 5.23. The van der Waals surface area contributed by atoms with Crippen molar-refractivity contribution < 1.29 is 0 Å². The van der Waals surface area contributed by atoms with E-state index in [1.807, 2.05) is 19.4 Å². The van der Waals surface area contributed by atoms with Gasteiger partial charge in [0, 0.05) is 36.5 Å². The van der Waals surface area contributed by atoms with Crippen molar-refractivity contribution in [3.63, 3.8) is 0 Å². The Balaban J connectivity index is 2.52.